The van der Waals surface area contributed by atoms with Gasteiger partial charge in [0.1, 0.15) is 6.10 Å². The summed E-state index contributed by atoms with van der Waals surface area (Å²) < 4.78 is 17.1. The predicted octanol–water partition coefficient (Wildman–Crippen LogP) is 2.76. The molecule has 18 heavy (non-hydrogen) atoms. The highest BCUT2D eigenvalue weighted by Crippen LogP contribution is 2.22. The average molecular weight is 291 g/mol. The molecule has 1 aliphatic heterocycles. The lowest BCUT2D eigenvalue weighted by Gasteiger charge is -2.33. The first-order valence-electron chi connectivity index (χ1n) is 6.56. The van der Waals surface area contributed by atoms with Crippen LogP contribution < -0.4 is 0 Å². The van der Waals surface area contributed by atoms with Gasteiger partial charge < -0.3 is 13.6 Å². The molecule has 1 saturated heterocycles. The minimum absolute atomic E-state index is 0.00755. The monoisotopic (exact) mass is 290 g/mol. The molecule has 1 heterocycles. The predicted molar refractivity (Wildman–Crippen MR) is 76.6 cm³/mol. The number of esters is 1. The zero-order valence-corrected chi connectivity index (χ0v) is 14.4. The Morgan fingerprint density at radius 1 is 1.17 bits per heavy atom. The molecule has 0 aliphatic carbocycles. The molecule has 0 spiro atoms. The van der Waals surface area contributed by atoms with Crippen LogP contribution in [0.4, 0.5) is 0 Å². The normalized spacial score (nSPS) is 26.0. The number of ether oxygens (including phenoxy) is 1. The fourth-order valence-electron chi connectivity index (χ4n) is 1.88. The second-order valence-corrected chi connectivity index (χ2v) is 15.8. The lowest BCUT2D eigenvalue weighted by atomic mass is 10.1. The van der Waals surface area contributed by atoms with E-state index in [4.69, 9.17) is 13.6 Å². The number of hydrogen-bond acceptors (Lipinski definition) is 4. The van der Waals surface area contributed by atoms with Crippen LogP contribution in [0.1, 0.15) is 12.8 Å². The third kappa shape index (κ3) is 6.68. The molecule has 0 aromatic heterocycles. The Labute approximate surface area is 112 Å². The van der Waals surface area contributed by atoms with Gasteiger partial charge in [0, 0.05) is 6.42 Å². The van der Waals surface area contributed by atoms with Crippen LogP contribution in [-0.4, -0.2) is 41.4 Å². The number of carbonyl (C=O) groups excluding carboxylic acids is 1. The van der Waals surface area contributed by atoms with E-state index in [0.717, 1.165) is 6.42 Å². The van der Waals surface area contributed by atoms with E-state index in [1.807, 2.05) is 0 Å². The summed E-state index contributed by atoms with van der Waals surface area (Å²) in [5, 5.41) is 0. The van der Waals surface area contributed by atoms with Crippen molar-refractivity contribution in [2.24, 2.45) is 0 Å². The Kier molecular flexibility index (Phi) is 5.17. The molecular weight excluding hydrogens is 264 g/mol. The summed E-state index contributed by atoms with van der Waals surface area (Å²) in [6.07, 6.45) is 1.02. The summed E-state index contributed by atoms with van der Waals surface area (Å²) in [6, 6.07) is 0. The second-order valence-electron chi connectivity index (χ2n) is 6.83. The Bertz CT molecular complexity index is 293. The van der Waals surface area contributed by atoms with Gasteiger partial charge in [-0.25, -0.2) is 0 Å². The summed E-state index contributed by atoms with van der Waals surface area (Å²) in [7, 11) is -3.16. The average Bonchev–Trinajstić information content (AvgIpc) is 2.09. The summed E-state index contributed by atoms with van der Waals surface area (Å²) in [6.45, 7) is 13.3. The largest absolute Gasteiger partial charge is 0.460 e. The van der Waals surface area contributed by atoms with Crippen molar-refractivity contribution in [3.05, 3.63) is 0 Å². The molecule has 0 N–H and O–H groups in total. The van der Waals surface area contributed by atoms with Crippen molar-refractivity contribution in [1.29, 1.82) is 0 Å². The quantitative estimate of drug-likeness (QED) is 0.577. The minimum atomic E-state index is -1.60. The van der Waals surface area contributed by atoms with E-state index >= 15 is 0 Å². The van der Waals surface area contributed by atoms with Crippen molar-refractivity contribution in [3.63, 3.8) is 0 Å². The smallest absolute Gasteiger partial charge is 0.308 e. The van der Waals surface area contributed by atoms with Gasteiger partial charge in [0.25, 0.3) is 0 Å². The van der Waals surface area contributed by atoms with Gasteiger partial charge in [-0.1, -0.05) is 0 Å². The molecule has 1 aliphatic rings. The zero-order chi connectivity index (χ0) is 14.0. The third-order valence-corrected chi connectivity index (χ3v) is 4.51. The lowest BCUT2D eigenvalue weighted by Crippen LogP contribution is -2.43. The van der Waals surface area contributed by atoms with E-state index in [-0.39, 0.29) is 18.2 Å². The van der Waals surface area contributed by atoms with Gasteiger partial charge in [0.05, 0.1) is 19.1 Å². The SMILES string of the molecule is C[Si](C)(C)OC[C@@H]1C[C@H](O[Si](C)(C)C)CC(=O)O1. The second kappa shape index (κ2) is 5.85. The maximum absolute atomic E-state index is 11.6. The van der Waals surface area contributed by atoms with E-state index in [0.29, 0.717) is 13.0 Å². The highest BCUT2D eigenvalue weighted by Gasteiger charge is 2.33. The topological polar surface area (TPSA) is 44.8 Å². The lowest BCUT2D eigenvalue weighted by molar-refractivity contribution is -0.161. The van der Waals surface area contributed by atoms with Gasteiger partial charge in [-0.2, -0.15) is 0 Å². The first-order valence-corrected chi connectivity index (χ1v) is 13.4. The molecule has 0 aromatic rings. The molecular formula is C12H26O4Si2. The van der Waals surface area contributed by atoms with Crippen molar-refractivity contribution in [2.75, 3.05) is 6.61 Å². The van der Waals surface area contributed by atoms with Crippen LogP contribution in [0.2, 0.25) is 39.3 Å². The van der Waals surface area contributed by atoms with E-state index in [2.05, 4.69) is 39.3 Å². The molecule has 6 heteroatoms. The van der Waals surface area contributed by atoms with E-state index in [1.165, 1.54) is 0 Å². The van der Waals surface area contributed by atoms with Crippen LogP contribution >= 0.6 is 0 Å². The molecule has 4 nitrogen and oxygen atoms in total. The van der Waals surface area contributed by atoms with Gasteiger partial charge in [-0.3, -0.25) is 4.79 Å². The Morgan fingerprint density at radius 2 is 1.78 bits per heavy atom. The van der Waals surface area contributed by atoms with Crippen LogP contribution in [0, 0.1) is 0 Å². The standard InChI is InChI=1S/C12H26O4Si2/c1-17(2,3)14-9-11-7-10(8-12(13)15-11)16-18(4,5)6/h10-11H,7-9H2,1-6H3/t10-,11-/m0/s1. The first-order chi connectivity index (χ1) is 8.05. The van der Waals surface area contributed by atoms with Crippen molar-refractivity contribution >= 4 is 22.6 Å². The fourth-order valence-corrected chi connectivity index (χ4v) is 3.74. The molecule has 1 rings (SSSR count). The molecule has 0 bridgehead atoms. The Morgan fingerprint density at radius 3 is 2.28 bits per heavy atom. The van der Waals surface area contributed by atoms with Crippen molar-refractivity contribution in [2.45, 2.75) is 64.3 Å². The van der Waals surface area contributed by atoms with E-state index in [1.54, 1.807) is 0 Å². The van der Waals surface area contributed by atoms with Gasteiger partial charge in [0.15, 0.2) is 16.6 Å². The molecule has 2 atom stereocenters. The molecule has 0 radical (unpaired) electrons. The van der Waals surface area contributed by atoms with Gasteiger partial charge in [0.2, 0.25) is 0 Å². The summed E-state index contributed by atoms with van der Waals surface area (Å²) >= 11 is 0. The van der Waals surface area contributed by atoms with Crippen LogP contribution in [-0.2, 0) is 18.4 Å². The van der Waals surface area contributed by atoms with Gasteiger partial charge in [-0.15, -0.1) is 0 Å². The third-order valence-electron chi connectivity index (χ3n) is 2.44. The Hall–Kier alpha value is -0.176. The molecule has 0 unspecified atom stereocenters. The number of carbonyl (C=O) groups is 1. The summed E-state index contributed by atoms with van der Waals surface area (Å²) in [5.74, 6) is -0.159. The summed E-state index contributed by atoms with van der Waals surface area (Å²) in [4.78, 5) is 11.6. The molecule has 0 amide bonds. The van der Waals surface area contributed by atoms with Crippen LogP contribution in [0.3, 0.4) is 0 Å². The molecule has 106 valence electrons. The molecule has 0 saturated carbocycles. The molecule has 1 fully saturated rings. The van der Waals surface area contributed by atoms with Crippen LogP contribution in [0.15, 0.2) is 0 Å². The highest BCUT2D eigenvalue weighted by atomic mass is 28.4. The fraction of sp³-hybridized carbons (Fsp3) is 0.917. The molecule has 0 aromatic carbocycles. The van der Waals surface area contributed by atoms with Gasteiger partial charge >= 0.3 is 5.97 Å². The van der Waals surface area contributed by atoms with Crippen molar-refractivity contribution < 1.29 is 18.4 Å². The maximum Gasteiger partial charge on any atom is 0.308 e. The maximum atomic E-state index is 11.6. The minimum Gasteiger partial charge on any atom is -0.460 e. The number of cyclic esters (lactones) is 1. The number of rotatable bonds is 5. The first kappa shape index (κ1) is 15.9. The van der Waals surface area contributed by atoms with E-state index < -0.39 is 16.6 Å². The zero-order valence-electron chi connectivity index (χ0n) is 12.4. The summed E-state index contributed by atoms with van der Waals surface area (Å²) in [5.41, 5.74) is 0. The van der Waals surface area contributed by atoms with Crippen LogP contribution in [0.25, 0.3) is 0 Å². The van der Waals surface area contributed by atoms with Crippen LogP contribution in [0.5, 0.6) is 0 Å². The Balaban J connectivity index is 2.48. The highest BCUT2D eigenvalue weighted by molar-refractivity contribution is 6.70. The van der Waals surface area contributed by atoms with E-state index in [9.17, 15) is 4.79 Å². The van der Waals surface area contributed by atoms with Crippen molar-refractivity contribution in [1.82, 2.24) is 0 Å². The van der Waals surface area contributed by atoms with Crippen molar-refractivity contribution in [3.8, 4) is 0 Å². The number of hydrogen-bond donors (Lipinski definition) is 0. The van der Waals surface area contributed by atoms with Gasteiger partial charge in [-0.05, 0) is 39.3 Å².